The molecule has 2 aromatic carbocycles. The first-order valence-electron chi connectivity index (χ1n) is 7.72. The van der Waals surface area contributed by atoms with Crippen molar-refractivity contribution in [3.05, 3.63) is 65.7 Å². The smallest absolute Gasteiger partial charge is 0.258 e. The van der Waals surface area contributed by atoms with Gasteiger partial charge in [0.15, 0.2) is 6.61 Å². The fraction of sp³-hybridized carbons (Fsp3) is 0.316. The van der Waals surface area contributed by atoms with Gasteiger partial charge >= 0.3 is 0 Å². The molecular formula is C19H23NO3. The maximum atomic E-state index is 11.9. The molecule has 1 amide bonds. The lowest BCUT2D eigenvalue weighted by Gasteiger charge is -2.14. The Kier molecular flexibility index (Phi) is 6.63. The lowest BCUT2D eigenvalue weighted by molar-refractivity contribution is -0.124. The topological polar surface area (TPSA) is 47.6 Å². The highest BCUT2D eigenvalue weighted by molar-refractivity contribution is 5.77. The average molecular weight is 313 g/mol. The second kappa shape index (κ2) is 8.96. The Hall–Kier alpha value is -2.33. The van der Waals surface area contributed by atoms with E-state index in [4.69, 9.17) is 9.47 Å². The third-order valence-corrected chi connectivity index (χ3v) is 3.39. The van der Waals surface area contributed by atoms with E-state index in [1.807, 2.05) is 49.4 Å². The second-order valence-corrected chi connectivity index (χ2v) is 5.48. The van der Waals surface area contributed by atoms with Crippen molar-refractivity contribution in [3.8, 4) is 5.75 Å². The van der Waals surface area contributed by atoms with Gasteiger partial charge < -0.3 is 14.8 Å². The fourth-order valence-corrected chi connectivity index (χ4v) is 2.36. The van der Waals surface area contributed by atoms with Gasteiger partial charge in [-0.05, 0) is 24.1 Å². The van der Waals surface area contributed by atoms with Crippen molar-refractivity contribution in [3.63, 3.8) is 0 Å². The highest BCUT2D eigenvalue weighted by atomic mass is 16.5. The average Bonchev–Trinajstić information content (AvgIpc) is 2.55. The van der Waals surface area contributed by atoms with Crippen LogP contribution in [-0.4, -0.2) is 32.3 Å². The van der Waals surface area contributed by atoms with Crippen molar-refractivity contribution in [1.82, 2.24) is 5.32 Å². The number of carbonyl (C=O) groups excluding carboxylic acids is 1. The lowest BCUT2D eigenvalue weighted by Crippen LogP contribution is -2.38. The molecule has 2 rings (SSSR count). The van der Waals surface area contributed by atoms with Crippen LogP contribution in [0.15, 0.2) is 54.6 Å². The van der Waals surface area contributed by atoms with Gasteiger partial charge in [0.2, 0.25) is 0 Å². The summed E-state index contributed by atoms with van der Waals surface area (Å²) in [6.07, 6.45) is 0.776. The third kappa shape index (κ3) is 5.75. The van der Waals surface area contributed by atoms with Gasteiger partial charge in [0.05, 0.1) is 6.61 Å². The minimum atomic E-state index is -0.149. The summed E-state index contributed by atoms with van der Waals surface area (Å²) in [6.45, 7) is 2.38. The lowest BCUT2D eigenvalue weighted by atomic mass is 10.0. The number of amides is 1. The van der Waals surface area contributed by atoms with E-state index in [1.54, 1.807) is 7.11 Å². The van der Waals surface area contributed by atoms with Crippen LogP contribution >= 0.6 is 0 Å². The van der Waals surface area contributed by atoms with Gasteiger partial charge in [-0.3, -0.25) is 4.79 Å². The molecule has 4 heteroatoms. The predicted octanol–water partition coefficient (Wildman–Crippen LogP) is 2.81. The Morgan fingerprint density at radius 1 is 1.09 bits per heavy atom. The summed E-state index contributed by atoms with van der Waals surface area (Å²) in [7, 11) is 1.61. The SMILES string of the molecule is COC[C@H](C)NC(=O)COc1ccccc1Cc1ccccc1. The number of carbonyl (C=O) groups is 1. The van der Waals surface area contributed by atoms with Crippen molar-refractivity contribution in [2.24, 2.45) is 0 Å². The number of methoxy groups -OCH3 is 1. The molecule has 0 aliphatic heterocycles. The van der Waals surface area contributed by atoms with Crippen LogP contribution in [0.25, 0.3) is 0 Å². The van der Waals surface area contributed by atoms with E-state index >= 15 is 0 Å². The van der Waals surface area contributed by atoms with E-state index in [1.165, 1.54) is 5.56 Å². The van der Waals surface area contributed by atoms with Crippen molar-refractivity contribution in [1.29, 1.82) is 0 Å². The number of hydrogen-bond acceptors (Lipinski definition) is 3. The van der Waals surface area contributed by atoms with Crippen LogP contribution in [0.2, 0.25) is 0 Å². The molecule has 0 fully saturated rings. The molecule has 0 unspecified atom stereocenters. The van der Waals surface area contributed by atoms with Crippen LogP contribution in [0.4, 0.5) is 0 Å². The molecule has 1 atom stereocenters. The van der Waals surface area contributed by atoms with E-state index < -0.39 is 0 Å². The van der Waals surface area contributed by atoms with E-state index in [9.17, 15) is 4.79 Å². The largest absolute Gasteiger partial charge is 0.483 e. The predicted molar refractivity (Wildman–Crippen MR) is 90.7 cm³/mol. The van der Waals surface area contributed by atoms with Crippen LogP contribution in [0, 0.1) is 0 Å². The summed E-state index contributed by atoms with van der Waals surface area (Å²) in [5.41, 5.74) is 2.28. The van der Waals surface area contributed by atoms with Gasteiger partial charge in [-0.15, -0.1) is 0 Å². The number of benzene rings is 2. The van der Waals surface area contributed by atoms with Crippen LogP contribution in [0.5, 0.6) is 5.75 Å². The monoisotopic (exact) mass is 313 g/mol. The number of nitrogens with one attached hydrogen (secondary N) is 1. The first-order chi connectivity index (χ1) is 11.2. The molecule has 0 radical (unpaired) electrons. The zero-order chi connectivity index (χ0) is 16.5. The Morgan fingerprint density at radius 2 is 1.78 bits per heavy atom. The molecule has 0 aliphatic carbocycles. The molecule has 0 aliphatic rings. The summed E-state index contributed by atoms with van der Waals surface area (Å²) in [4.78, 5) is 11.9. The van der Waals surface area contributed by atoms with E-state index in [0.29, 0.717) is 6.61 Å². The maximum Gasteiger partial charge on any atom is 0.258 e. The molecule has 0 saturated carbocycles. The summed E-state index contributed by atoms with van der Waals surface area (Å²) < 4.78 is 10.7. The number of ether oxygens (including phenoxy) is 2. The number of rotatable bonds is 8. The van der Waals surface area contributed by atoms with Crippen LogP contribution in [-0.2, 0) is 16.0 Å². The molecule has 122 valence electrons. The Labute approximate surface area is 137 Å². The van der Waals surface area contributed by atoms with Crippen LogP contribution in [0.3, 0.4) is 0 Å². The van der Waals surface area contributed by atoms with Gasteiger partial charge in [-0.25, -0.2) is 0 Å². The van der Waals surface area contributed by atoms with Gasteiger partial charge in [-0.2, -0.15) is 0 Å². The zero-order valence-electron chi connectivity index (χ0n) is 13.6. The second-order valence-electron chi connectivity index (χ2n) is 5.48. The van der Waals surface area contributed by atoms with E-state index in [0.717, 1.165) is 17.7 Å². The van der Waals surface area contributed by atoms with E-state index in [2.05, 4.69) is 17.4 Å². The Morgan fingerprint density at radius 3 is 2.52 bits per heavy atom. The van der Waals surface area contributed by atoms with Crippen molar-refractivity contribution in [2.45, 2.75) is 19.4 Å². The number of hydrogen-bond donors (Lipinski definition) is 1. The third-order valence-electron chi connectivity index (χ3n) is 3.39. The summed E-state index contributed by atoms with van der Waals surface area (Å²) >= 11 is 0. The molecular weight excluding hydrogens is 290 g/mol. The molecule has 4 nitrogen and oxygen atoms in total. The molecule has 23 heavy (non-hydrogen) atoms. The molecule has 2 aromatic rings. The van der Waals surface area contributed by atoms with Crippen LogP contribution in [0.1, 0.15) is 18.1 Å². The minimum Gasteiger partial charge on any atom is -0.483 e. The molecule has 0 heterocycles. The summed E-state index contributed by atoms with van der Waals surface area (Å²) in [5.74, 6) is 0.593. The molecule has 1 N–H and O–H groups in total. The minimum absolute atomic E-state index is 0.000142. The number of para-hydroxylation sites is 1. The Bertz CT molecular complexity index is 613. The van der Waals surface area contributed by atoms with Crippen molar-refractivity contribution >= 4 is 5.91 Å². The van der Waals surface area contributed by atoms with Gasteiger partial charge in [0.25, 0.3) is 5.91 Å². The van der Waals surface area contributed by atoms with Gasteiger partial charge in [0, 0.05) is 19.6 Å². The highest BCUT2D eigenvalue weighted by Gasteiger charge is 2.10. The first kappa shape index (κ1) is 17.0. The molecule has 0 aromatic heterocycles. The molecule has 0 bridgehead atoms. The Balaban J connectivity index is 1.94. The quantitative estimate of drug-likeness (QED) is 0.815. The normalized spacial score (nSPS) is 11.7. The van der Waals surface area contributed by atoms with E-state index in [-0.39, 0.29) is 18.6 Å². The summed E-state index contributed by atoms with van der Waals surface area (Å²) in [6, 6.07) is 18.0. The van der Waals surface area contributed by atoms with Gasteiger partial charge in [0.1, 0.15) is 5.75 Å². The highest BCUT2D eigenvalue weighted by Crippen LogP contribution is 2.21. The van der Waals surface area contributed by atoms with Crippen molar-refractivity contribution < 1.29 is 14.3 Å². The van der Waals surface area contributed by atoms with Crippen molar-refractivity contribution in [2.75, 3.05) is 20.3 Å². The summed E-state index contributed by atoms with van der Waals surface area (Å²) in [5, 5.41) is 2.83. The first-order valence-corrected chi connectivity index (χ1v) is 7.72. The fourth-order valence-electron chi connectivity index (χ4n) is 2.36. The maximum absolute atomic E-state index is 11.9. The van der Waals surface area contributed by atoms with Crippen LogP contribution < -0.4 is 10.1 Å². The molecule has 0 saturated heterocycles. The van der Waals surface area contributed by atoms with Gasteiger partial charge in [-0.1, -0.05) is 48.5 Å². The standard InChI is InChI=1S/C19H23NO3/c1-15(13-22-2)20-19(21)14-23-18-11-7-6-10-17(18)12-16-8-4-3-5-9-16/h3-11,15H,12-14H2,1-2H3,(H,20,21)/t15-/m0/s1. The zero-order valence-corrected chi connectivity index (χ0v) is 13.6. The molecule has 0 spiro atoms.